The average Bonchev–Trinajstić information content (AvgIpc) is 2.64. The van der Waals surface area contributed by atoms with Crippen LogP contribution in [0.25, 0.3) is 0 Å². The number of nitrogen functional groups attached to an aromatic ring is 1. The predicted octanol–water partition coefficient (Wildman–Crippen LogP) is 3.18. The van der Waals surface area contributed by atoms with Crippen molar-refractivity contribution in [3.05, 3.63) is 59.2 Å². The molecule has 1 aliphatic heterocycles. The maximum atomic E-state index is 6.13. The molecule has 19 heavy (non-hydrogen) atoms. The maximum absolute atomic E-state index is 6.13. The molecule has 1 aliphatic rings. The van der Waals surface area contributed by atoms with E-state index in [1.165, 1.54) is 22.4 Å². The van der Waals surface area contributed by atoms with Crippen molar-refractivity contribution in [1.82, 2.24) is 0 Å². The molecule has 2 aromatic rings. The summed E-state index contributed by atoms with van der Waals surface area (Å²) in [6.45, 7) is 4.21. The normalized spacial score (nSPS) is 14.9. The van der Waals surface area contributed by atoms with Crippen molar-refractivity contribution < 1.29 is 0 Å². The Morgan fingerprint density at radius 3 is 2.21 bits per heavy atom. The van der Waals surface area contributed by atoms with Gasteiger partial charge in [0, 0.05) is 13.1 Å². The molecule has 2 nitrogen and oxygen atoms in total. The van der Waals surface area contributed by atoms with Crippen LogP contribution < -0.4 is 10.6 Å². The number of nitrogens with two attached hydrogens (primary N) is 1. The smallest absolute Gasteiger partial charge is 0.0602 e. The van der Waals surface area contributed by atoms with Crippen molar-refractivity contribution in [3.63, 3.8) is 0 Å². The van der Waals surface area contributed by atoms with Gasteiger partial charge in [-0.25, -0.2) is 0 Å². The summed E-state index contributed by atoms with van der Waals surface area (Å²) >= 11 is 0. The molecule has 0 spiro atoms. The molecule has 0 unspecified atom stereocenters. The number of fused-ring (bicyclic) bond motifs is 1. The number of nitrogens with zero attached hydrogens (tertiary/aromatic N) is 1. The molecule has 1 heterocycles. The summed E-state index contributed by atoms with van der Waals surface area (Å²) in [5.74, 6) is 0. The molecule has 0 amide bonds. The molecule has 2 heteroatoms. The van der Waals surface area contributed by atoms with E-state index in [-0.39, 0.29) is 0 Å². The van der Waals surface area contributed by atoms with Crippen LogP contribution in [0.5, 0.6) is 0 Å². The van der Waals surface area contributed by atoms with Crippen LogP contribution in [0, 0.1) is 6.92 Å². The monoisotopic (exact) mass is 252 g/mol. The Bertz CT molecular complexity index is 563. The lowest BCUT2D eigenvalue weighted by Gasteiger charge is -2.24. The lowest BCUT2D eigenvalue weighted by Crippen LogP contribution is -2.26. The molecule has 0 bridgehead atoms. The number of aryl methyl sites for hydroxylation is 1. The SMILES string of the molecule is Cc1ccc(N)c(N2CCc3ccccc3CC2)c1. The summed E-state index contributed by atoms with van der Waals surface area (Å²) in [5, 5.41) is 0. The van der Waals surface area contributed by atoms with Crippen LogP contribution in [0.4, 0.5) is 11.4 Å². The van der Waals surface area contributed by atoms with Gasteiger partial charge in [0.15, 0.2) is 0 Å². The minimum atomic E-state index is 0.886. The highest BCUT2D eigenvalue weighted by Gasteiger charge is 2.15. The lowest BCUT2D eigenvalue weighted by atomic mass is 10.0. The van der Waals surface area contributed by atoms with E-state index in [0.29, 0.717) is 0 Å². The van der Waals surface area contributed by atoms with Crippen LogP contribution in [0.2, 0.25) is 0 Å². The Balaban J connectivity index is 1.87. The van der Waals surface area contributed by atoms with Crippen LogP contribution >= 0.6 is 0 Å². The van der Waals surface area contributed by atoms with E-state index in [0.717, 1.165) is 31.6 Å². The van der Waals surface area contributed by atoms with Crippen LogP contribution in [-0.4, -0.2) is 13.1 Å². The van der Waals surface area contributed by atoms with E-state index in [4.69, 9.17) is 5.73 Å². The molecule has 0 saturated carbocycles. The number of anilines is 2. The number of benzene rings is 2. The zero-order valence-electron chi connectivity index (χ0n) is 11.4. The van der Waals surface area contributed by atoms with E-state index >= 15 is 0 Å². The highest BCUT2D eigenvalue weighted by atomic mass is 15.1. The van der Waals surface area contributed by atoms with Crippen molar-refractivity contribution in [1.29, 1.82) is 0 Å². The molecule has 3 rings (SSSR count). The Morgan fingerprint density at radius 1 is 0.947 bits per heavy atom. The highest BCUT2D eigenvalue weighted by molar-refractivity contribution is 5.68. The third-order valence-corrected chi connectivity index (χ3v) is 3.95. The second-order valence-electron chi connectivity index (χ2n) is 5.32. The van der Waals surface area contributed by atoms with Crippen LogP contribution in [0.15, 0.2) is 42.5 Å². The number of hydrogen-bond acceptors (Lipinski definition) is 2. The summed E-state index contributed by atoms with van der Waals surface area (Å²) in [6.07, 6.45) is 2.20. The first-order chi connectivity index (χ1) is 9.24. The molecule has 0 fully saturated rings. The van der Waals surface area contributed by atoms with Crippen LogP contribution in [0.1, 0.15) is 16.7 Å². The minimum Gasteiger partial charge on any atom is -0.397 e. The third-order valence-electron chi connectivity index (χ3n) is 3.95. The predicted molar refractivity (Wildman–Crippen MR) is 81.7 cm³/mol. The third kappa shape index (κ3) is 2.43. The second-order valence-corrected chi connectivity index (χ2v) is 5.32. The molecule has 0 radical (unpaired) electrons. The average molecular weight is 252 g/mol. The summed E-state index contributed by atoms with van der Waals surface area (Å²) in [4.78, 5) is 2.42. The van der Waals surface area contributed by atoms with E-state index in [1.807, 2.05) is 6.07 Å². The Labute approximate surface area is 114 Å². The van der Waals surface area contributed by atoms with Crippen molar-refractivity contribution in [2.75, 3.05) is 23.7 Å². The number of rotatable bonds is 1. The van der Waals surface area contributed by atoms with E-state index in [1.54, 1.807) is 0 Å². The van der Waals surface area contributed by atoms with Gasteiger partial charge in [0.25, 0.3) is 0 Å². The first-order valence-corrected chi connectivity index (χ1v) is 6.92. The minimum absolute atomic E-state index is 0.886. The van der Waals surface area contributed by atoms with Gasteiger partial charge in [0.2, 0.25) is 0 Å². The Morgan fingerprint density at radius 2 is 1.58 bits per heavy atom. The summed E-state index contributed by atoms with van der Waals surface area (Å²) in [6, 6.07) is 15.1. The second kappa shape index (κ2) is 4.96. The van der Waals surface area contributed by atoms with Crippen molar-refractivity contribution in [2.24, 2.45) is 0 Å². The largest absolute Gasteiger partial charge is 0.397 e. The van der Waals surface area contributed by atoms with E-state index < -0.39 is 0 Å². The first-order valence-electron chi connectivity index (χ1n) is 6.92. The van der Waals surface area contributed by atoms with Gasteiger partial charge >= 0.3 is 0 Å². The van der Waals surface area contributed by atoms with Crippen molar-refractivity contribution >= 4 is 11.4 Å². The van der Waals surface area contributed by atoms with Crippen LogP contribution in [0.3, 0.4) is 0 Å². The highest BCUT2D eigenvalue weighted by Crippen LogP contribution is 2.27. The lowest BCUT2D eigenvalue weighted by molar-refractivity contribution is 0.806. The molecule has 2 N–H and O–H groups in total. The molecule has 98 valence electrons. The standard InChI is InChI=1S/C17H20N2/c1-13-6-7-16(18)17(12-13)19-10-8-14-4-2-3-5-15(14)9-11-19/h2-7,12H,8-11,18H2,1H3. The quantitative estimate of drug-likeness (QED) is 0.790. The fourth-order valence-electron chi connectivity index (χ4n) is 2.84. The van der Waals surface area contributed by atoms with E-state index in [9.17, 15) is 0 Å². The topological polar surface area (TPSA) is 29.3 Å². The molecule has 0 saturated heterocycles. The summed E-state index contributed by atoms with van der Waals surface area (Å²) in [7, 11) is 0. The molecule has 0 aromatic heterocycles. The van der Waals surface area contributed by atoms with Gasteiger partial charge in [-0.1, -0.05) is 30.3 Å². The maximum Gasteiger partial charge on any atom is 0.0602 e. The summed E-state index contributed by atoms with van der Waals surface area (Å²) in [5.41, 5.74) is 12.4. The fraction of sp³-hybridized carbons (Fsp3) is 0.294. The molecule has 0 aliphatic carbocycles. The first kappa shape index (κ1) is 12.1. The zero-order chi connectivity index (χ0) is 13.2. The zero-order valence-corrected chi connectivity index (χ0v) is 11.4. The molecule has 2 aromatic carbocycles. The molecular weight excluding hydrogens is 232 g/mol. The van der Waals surface area contributed by atoms with Gasteiger partial charge in [0.05, 0.1) is 11.4 Å². The molecule has 0 atom stereocenters. The van der Waals surface area contributed by atoms with Gasteiger partial charge in [-0.05, 0) is 48.6 Å². The van der Waals surface area contributed by atoms with Gasteiger partial charge < -0.3 is 10.6 Å². The molecular formula is C17H20N2. The van der Waals surface area contributed by atoms with E-state index in [2.05, 4.69) is 48.2 Å². The van der Waals surface area contributed by atoms with Gasteiger partial charge in [-0.2, -0.15) is 0 Å². The fourth-order valence-corrected chi connectivity index (χ4v) is 2.84. The Kier molecular flexibility index (Phi) is 3.16. The van der Waals surface area contributed by atoms with Crippen LogP contribution in [-0.2, 0) is 12.8 Å². The van der Waals surface area contributed by atoms with Gasteiger partial charge in [0.1, 0.15) is 0 Å². The number of hydrogen-bond donors (Lipinski definition) is 1. The van der Waals surface area contributed by atoms with Crippen molar-refractivity contribution in [2.45, 2.75) is 19.8 Å². The van der Waals surface area contributed by atoms with Gasteiger partial charge in [-0.3, -0.25) is 0 Å². The summed E-state index contributed by atoms with van der Waals surface area (Å²) < 4.78 is 0. The van der Waals surface area contributed by atoms with Gasteiger partial charge in [-0.15, -0.1) is 0 Å². The van der Waals surface area contributed by atoms with Crippen molar-refractivity contribution in [3.8, 4) is 0 Å². The Hall–Kier alpha value is -1.96.